The third kappa shape index (κ3) is 3.74. The van der Waals surface area contributed by atoms with Crippen LogP contribution in [0.25, 0.3) is 0 Å². The Morgan fingerprint density at radius 3 is 2.54 bits per heavy atom. The normalized spacial score (nSPS) is 15.2. The van der Waals surface area contributed by atoms with Gasteiger partial charge in [-0.15, -0.1) is 0 Å². The average Bonchev–Trinajstić information content (AvgIpc) is 3.14. The maximum absolute atomic E-state index is 13.4. The van der Waals surface area contributed by atoms with Crippen molar-refractivity contribution in [3.8, 4) is 5.75 Å². The van der Waals surface area contributed by atoms with E-state index >= 15 is 0 Å². The van der Waals surface area contributed by atoms with Crippen LogP contribution in [0.5, 0.6) is 5.75 Å². The molecule has 2 N–H and O–H groups in total. The number of nitrogens with zero attached hydrogens (tertiary/aromatic N) is 1. The van der Waals surface area contributed by atoms with Crippen molar-refractivity contribution in [1.29, 1.82) is 0 Å². The van der Waals surface area contributed by atoms with Gasteiger partial charge in [0.05, 0.1) is 16.1 Å². The maximum atomic E-state index is 13.4. The van der Waals surface area contributed by atoms with Crippen molar-refractivity contribution in [2.45, 2.75) is 17.7 Å². The largest absolute Gasteiger partial charge is 0.506 e. The zero-order chi connectivity index (χ0) is 18.9. The molecule has 6 nitrogen and oxygen atoms in total. The van der Waals surface area contributed by atoms with Crippen molar-refractivity contribution >= 4 is 37.5 Å². The van der Waals surface area contributed by atoms with Crippen LogP contribution in [-0.4, -0.2) is 36.8 Å². The van der Waals surface area contributed by atoms with Crippen molar-refractivity contribution in [2.75, 3.05) is 18.4 Å². The van der Waals surface area contributed by atoms with E-state index in [-0.39, 0.29) is 21.9 Å². The number of halogens is 2. The molecule has 2 aromatic carbocycles. The second-order valence-corrected chi connectivity index (χ2v) is 8.66. The topological polar surface area (TPSA) is 86.7 Å². The lowest BCUT2D eigenvalue weighted by Crippen LogP contribution is -2.28. The van der Waals surface area contributed by atoms with Crippen LogP contribution in [0.15, 0.2) is 45.8 Å². The number of carbonyl (C=O) groups is 1. The first kappa shape index (κ1) is 18.8. The van der Waals surface area contributed by atoms with Gasteiger partial charge in [0.2, 0.25) is 10.0 Å². The molecule has 1 aliphatic rings. The number of nitrogens with one attached hydrogen (secondary N) is 1. The van der Waals surface area contributed by atoms with Crippen LogP contribution in [0.2, 0.25) is 0 Å². The second kappa shape index (κ2) is 7.34. The molecule has 0 unspecified atom stereocenters. The zero-order valence-electron chi connectivity index (χ0n) is 13.6. The van der Waals surface area contributed by atoms with Crippen molar-refractivity contribution in [2.24, 2.45) is 0 Å². The van der Waals surface area contributed by atoms with Crippen LogP contribution in [0.1, 0.15) is 23.2 Å². The minimum absolute atomic E-state index is 0.0224. The van der Waals surface area contributed by atoms with Crippen LogP contribution in [-0.2, 0) is 10.0 Å². The Kier molecular flexibility index (Phi) is 5.31. The molecule has 1 aliphatic heterocycles. The Morgan fingerprint density at radius 1 is 1.15 bits per heavy atom. The highest BCUT2D eigenvalue weighted by Crippen LogP contribution is 2.30. The SMILES string of the molecule is O=C(Nc1cc(S(=O)(=O)N2CCCC2)ccc1O)c1cc(F)ccc1Br. The number of rotatable bonds is 4. The third-order valence-corrected chi connectivity index (χ3v) is 6.68. The molecule has 0 spiro atoms. The van der Waals surface area contributed by atoms with Gasteiger partial charge >= 0.3 is 0 Å². The smallest absolute Gasteiger partial charge is 0.257 e. The van der Waals surface area contributed by atoms with Gasteiger partial charge in [0.15, 0.2) is 0 Å². The quantitative estimate of drug-likeness (QED) is 0.710. The first-order valence-electron chi connectivity index (χ1n) is 7.88. The van der Waals surface area contributed by atoms with E-state index in [0.717, 1.165) is 18.9 Å². The van der Waals surface area contributed by atoms with Crippen LogP contribution in [0, 0.1) is 5.82 Å². The molecule has 9 heteroatoms. The second-order valence-electron chi connectivity index (χ2n) is 5.87. The number of aromatic hydroxyl groups is 1. The average molecular weight is 443 g/mol. The van der Waals surface area contributed by atoms with Crippen molar-refractivity contribution in [1.82, 2.24) is 4.31 Å². The Bertz CT molecular complexity index is 959. The molecule has 1 fully saturated rings. The van der Waals surface area contributed by atoms with E-state index in [9.17, 15) is 22.7 Å². The minimum Gasteiger partial charge on any atom is -0.506 e. The highest BCUT2D eigenvalue weighted by Gasteiger charge is 2.28. The molecule has 0 atom stereocenters. The van der Waals surface area contributed by atoms with Gasteiger partial charge in [0.25, 0.3) is 5.91 Å². The van der Waals surface area contributed by atoms with Crippen molar-refractivity contribution < 1.29 is 22.7 Å². The highest BCUT2D eigenvalue weighted by atomic mass is 79.9. The monoisotopic (exact) mass is 442 g/mol. The Hall–Kier alpha value is -1.97. The Labute approximate surface area is 158 Å². The van der Waals surface area contributed by atoms with Crippen molar-refractivity contribution in [3.63, 3.8) is 0 Å². The Balaban J connectivity index is 1.91. The van der Waals surface area contributed by atoms with Crippen LogP contribution >= 0.6 is 15.9 Å². The number of carbonyl (C=O) groups excluding carboxylic acids is 1. The van der Waals surface area contributed by atoms with Crippen molar-refractivity contribution in [3.05, 3.63) is 52.3 Å². The summed E-state index contributed by atoms with van der Waals surface area (Å²) in [5, 5.41) is 12.4. The summed E-state index contributed by atoms with van der Waals surface area (Å²) in [7, 11) is -3.69. The predicted octanol–water partition coefficient (Wildman–Crippen LogP) is 3.33. The van der Waals surface area contributed by atoms with E-state index in [0.29, 0.717) is 17.6 Å². The third-order valence-electron chi connectivity index (χ3n) is 4.09. The fourth-order valence-electron chi connectivity index (χ4n) is 2.71. The number of sulfonamides is 1. The summed E-state index contributed by atoms with van der Waals surface area (Å²) in [5.41, 5.74) is -0.0383. The van der Waals surface area contributed by atoms with Crippen LogP contribution in [0.4, 0.5) is 10.1 Å². The van der Waals surface area contributed by atoms with Gasteiger partial charge in [-0.05, 0) is 65.2 Å². The van der Waals surface area contributed by atoms with Crippen LogP contribution in [0.3, 0.4) is 0 Å². The number of anilines is 1. The fraction of sp³-hybridized carbons (Fsp3) is 0.235. The van der Waals surface area contributed by atoms with Gasteiger partial charge in [-0.25, -0.2) is 12.8 Å². The van der Waals surface area contributed by atoms with E-state index in [1.807, 2.05) is 0 Å². The molecule has 3 rings (SSSR count). The number of amides is 1. The number of phenols is 1. The lowest BCUT2D eigenvalue weighted by Gasteiger charge is -2.17. The van der Waals surface area contributed by atoms with Gasteiger partial charge in [0.1, 0.15) is 11.6 Å². The first-order valence-corrected chi connectivity index (χ1v) is 10.1. The summed E-state index contributed by atoms with van der Waals surface area (Å²) in [6.07, 6.45) is 1.60. The molecular formula is C17H16BrFN2O4S. The summed E-state index contributed by atoms with van der Waals surface area (Å²) < 4.78 is 40.4. The molecule has 1 saturated heterocycles. The van der Waals surface area contributed by atoms with Gasteiger partial charge in [-0.3, -0.25) is 4.79 Å². The van der Waals surface area contributed by atoms with E-state index < -0.39 is 21.7 Å². The summed E-state index contributed by atoms with van der Waals surface area (Å²) in [4.78, 5) is 12.4. The number of phenolic OH excluding ortho intramolecular Hbond substituents is 1. The van der Waals surface area contributed by atoms with Gasteiger partial charge in [-0.1, -0.05) is 0 Å². The standard InChI is InChI=1S/C17H16BrFN2O4S/c18-14-5-3-11(19)9-13(14)17(23)20-15-10-12(4-6-16(15)22)26(24,25)21-7-1-2-8-21/h3-6,9-10,22H,1-2,7-8H2,(H,20,23). The first-order chi connectivity index (χ1) is 12.3. The predicted molar refractivity (Wildman–Crippen MR) is 98.2 cm³/mol. The molecule has 0 aromatic heterocycles. The fourth-order valence-corrected chi connectivity index (χ4v) is 4.68. The minimum atomic E-state index is -3.69. The van der Waals surface area contributed by atoms with Crippen LogP contribution < -0.4 is 5.32 Å². The molecular weight excluding hydrogens is 427 g/mol. The summed E-state index contributed by atoms with van der Waals surface area (Å²) in [6, 6.07) is 7.32. The van der Waals surface area contributed by atoms with Gasteiger partial charge in [-0.2, -0.15) is 4.31 Å². The number of hydrogen-bond donors (Lipinski definition) is 2. The summed E-state index contributed by atoms with van der Waals surface area (Å²) in [5.74, 6) is -1.55. The van der Waals surface area contributed by atoms with E-state index in [1.54, 1.807) is 0 Å². The van der Waals surface area contributed by atoms with E-state index in [2.05, 4.69) is 21.2 Å². The molecule has 0 saturated carbocycles. The lowest BCUT2D eigenvalue weighted by atomic mass is 10.2. The highest BCUT2D eigenvalue weighted by molar-refractivity contribution is 9.10. The zero-order valence-corrected chi connectivity index (χ0v) is 16.0. The Morgan fingerprint density at radius 2 is 1.85 bits per heavy atom. The van der Waals surface area contributed by atoms with E-state index in [4.69, 9.17) is 0 Å². The molecule has 26 heavy (non-hydrogen) atoms. The van der Waals surface area contributed by atoms with E-state index in [1.165, 1.54) is 34.6 Å². The number of hydrogen-bond acceptors (Lipinski definition) is 4. The summed E-state index contributed by atoms with van der Waals surface area (Å²) in [6.45, 7) is 0.891. The molecule has 1 heterocycles. The summed E-state index contributed by atoms with van der Waals surface area (Å²) >= 11 is 3.16. The lowest BCUT2D eigenvalue weighted by molar-refractivity contribution is 0.102. The molecule has 0 aliphatic carbocycles. The maximum Gasteiger partial charge on any atom is 0.257 e. The molecule has 0 bridgehead atoms. The van der Waals surface area contributed by atoms with Gasteiger partial charge in [0, 0.05) is 17.6 Å². The molecule has 2 aromatic rings. The van der Waals surface area contributed by atoms with Gasteiger partial charge < -0.3 is 10.4 Å². The molecule has 1 amide bonds. The number of benzene rings is 2. The molecule has 138 valence electrons. The molecule has 0 radical (unpaired) electrons.